The van der Waals surface area contributed by atoms with E-state index in [1.165, 1.54) is 21.9 Å². The fraction of sp³-hybridized carbons (Fsp3) is 0.150. The Morgan fingerprint density at radius 2 is 1.67 bits per heavy atom. The summed E-state index contributed by atoms with van der Waals surface area (Å²) in [4.78, 5) is 0. The van der Waals surface area contributed by atoms with E-state index in [9.17, 15) is 5.26 Å². The minimum Gasteiger partial charge on any atom is -0.198 e. The number of hydrogen-bond acceptors (Lipinski definition) is 1. The highest BCUT2D eigenvalue weighted by Crippen LogP contribution is 2.25. The average molecular weight is 271 g/mol. The molecule has 1 unspecified atom stereocenters. The quantitative estimate of drug-likeness (QED) is 0.657. The molecule has 1 atom stereocenters. The molecule has 0 aliphatic carbocycles. The maximum Gasteiger partial charge on any atom is 0.0753 e. The highest BCUT2D eigenvalue weighted by Gasteiger charge is 2.12. The van der Waals surface area contributed by atoms with Crippen LogP contribution in [0.2, 0.25) is 0 Å². The third-order valence-electron chi connectivity index (χ3n) is 3.93. The first kappa shape index (κ1) is 13.4. The number of hydrogen-bond donors (Lipinski definition) is 0. The Labute approximate surface area is 125 Å². The molecule has 0 N–H and O–H groups in total. The Hall–Kier alpha value is -2.59. The largest absolute Gasteiger partial charge is 0.198 e. The van der Waals surface area contributed by atoms with Gasteiger partial charge in [-0.3, -0.25) is 0 Å². The molecular weight excluding hydrogens is 254 g/mol. The molecule has 3 aromatic carbocycles. The maximum absolute atomic E-state index is 9.47. The average Bonchev–Trinajstić information content (AvgIpc) is 2.53. The highest BCUT2D eigenvalue weighted by molar-refractivity contribution is 5.86. The predicted molar refractivity (Wildman–Crippen MR) is 87.2 cm³/mol. The van der Waals surface area contributed by atoms with Crippen molar-refractivity contribution in [2.45, 2.75) is 19.3 Å². The lowest BCUT2D eigenvalue weighted by atomic mass is 9.91. The molecule has 0 radical (unpaired) electrons. The van der Waals surface area contributed by atoms with E-state index < -0.39 is 0 Å². The number of aryl methyl sites for hydroxylation is 1. The molecule has 0 fully saturated rings. The molecule has 0 spiro atoms. The third kappa shape index (κ3) is 2.80. The number of nitrogens with zero attached hydrogens (tertiary/aromatic N) is 1. The Balaban J connectivity index is 1.96. The van der Waals surface area contributed by atoms with Gasteiger partial charge in [0, 0.05) is 0 Å². The Morgan fingerprint density at radius 3 is 2.43 bits per heavy atom. The van der Waals surface area contributed by atoms with Crippen molar-refractivity contribution in [3.8, 4) is 6.07 Å². The van der Waals surface area contributed by atoms with E-state index in [2.05, 4.69) is 49.4 Å². The summed E-state index contributed by atoms with van der Waals surface area (Å²) in [5, 5.41) is 12.0. The van der Waals surface area contributed by atoms with E-state index in [4.69, 9.17) is 0 Å². The molecule has 0 saturated carbocycles. The van der Waals surface area contributed by atoms with Crippen molar-refractivity contribution in [2.24, 2.45) is 0 Å². The topological polar surface area (TPSA) is 23.8 Å². The second-order valence-electron chi connectivity index (χ2n) is 5.43. The van der Waals surface area contributed by atoms with Gasteiger partial charge in [0.15, 0.2) is 0 Å². The maximum atomic E-state index is 9.47. The van der Waals surface area contributed by atoms with E-state index in [1.54, 1.807) is 0 Å². The van der Waals surface area contributed by atoms with Crippen molar-refractivity contribution in [3.05, 3.63) is 83.4 Å². The Morgan fingerprint density at radius 1 is 0.952 bits per heavy atom. The van der Waals surface area contributed by atoms with Crippen molar-refractivity contribution in [3.63, 3.8) is 0 Å². The summed E-state index contributed by atoms with van der Waals surface area (Å²) in [6.45, 7) is 2.13. The summed E-state index contributed by atoms with van der Waals surface area (Å²) >= 11 is 0. The number of benzene rings is 3. The van der Waals surface area contributed by atoms with E-state index in [-0.39, 0.29) is 5.92 Å². The lowest BCUT2D eigenvalue weighted by Crippen LogP contribution is -2.00. The summed E-state index contributed by atoms with van der Waals surface area (Å²) in [5.74, 6) is -0.0910. The molecule has 0 heterocycles. The van der Waals surface area contributed by atoms with Crippen LogP contribution in [-0.4, -0.2) is 0 Å². The normalized spacial score (nSPS) is 12.0. The van der Waals surface area contributed by atoms with Crippen LogP contribution in [0.1, 0.15) is 22.6 Å². The van der Waals surface area contributed by atoms with Gasteiger partial charge in [-0.15, -0.1) is 0 Å². The summed E-state index contributed by atoms with van der Waals surface area (Å²) in [5.41, 5.74) is 3.58. The SMILES string of the molecule is Cc1cc(CC(C#N)c2ccccc2)cc2ccccc12. The van der Waals surface area contributed by atoms with Gasteiger partial charge in [-0.05, 0) is 40.8 Å². The standard InChI is InChI=1S/C20H17N/c1-15-11-16(12-18-9-5-6-10-20(15)18)13-19(14-21)17-7-3-2-4-8-17/h2-12,19H,13H2,1H3. The monoisotopic (exact) mass is 271 g/mol. The first-order valence-corrected chi connectivity index (χ1v) is 7.21. The fourth-order valence-electron chi connectivity index (χ4n) is 2.86. The molecule has 0 saturated heterocycles. The van der Waals surface area contributed by atoms with Crippen molar-refractivity contribution >= 4 is 10.8 Å². The van der Waals surface area contributed by atoms with Gasteiger partial charge in [-0.25, -0.2) is 0 Å². The highest BCUT2D eigenvalue weighted by atomic mass is 14.3. The van der Waals surface area contributed by atoms with Gasteiger partial charge in [0.2, 0.25) is 0 Å². The van der Waals surface area contributed by atoms with Crippen LogP contribution in [0, 0.1) is 18.3 Å². The first-order chi connectivity index (χ1) is 10.3. The number of fused-ring (bicyclic) bond motifs is 1. The molecule has 1 nitrogen and oxygen atoms in total. The summed E-state index contributed by atoms with van der Waals surface area (Å²) in [6, 6.07) is 25.3. The molecule has 0 aromatic heterocycles. The number of nitriles is 1. The third-order valence-corrected chi connectivity index (χ3v) is 3.93. The summed E-state index contributed by atoms with van der Waals surface area (Å²) in [7, 11) is 0. The minimum atomic E-state index is -0.0910. The molecule has 102 valence electrons. The molecule has 0 aliphatic rings. The molecule has 0 bridgehead atoms. The Bertz CT molecular complexity index is 797. The van der Waals surface area contributed by atoms with Crippen molar-refractivity contribution in [1.82, 2.24) is 0 Å². The Kier molecular flexibility index (Phi) is 3.71. The van der Waals surface area contributed by atoms with Crippen LogP contribution in [0.25, 0.3) is 10.8 Å². The molecule has 3 rings (SSSR count). The van der Waals surface area contributed by atoms with E-state index in [1.807, 2.05) is 30.3 Å². The zero-order valence-corrected chi connectivity index (χ0v) is 12.1. The molecule has 0 aliphatic heterocycles. The van der Waals surface area contributed by atoms with Crippen LogP contribution in [0.3, 0.4) is 0 Å². The van der Waals surface area contributed by atoms with Crippen LogP contribution < -0.4 is 0 Å². The summed E-state index contributed by atoms with van der Waals surface area (Å²) in [6.07, 6.45) is 0.756. The van der Waals surface area contributed by atoms with Gasteiger partial charge < -0.3 is 0 Å². The minimum absolute atomic E-state index is 0.0910. The summed E-state index contributed by atoms with van der Waals surface area (Å²) < 4.78 is 0. The molecule has 21 heavy (non-hydrogen) atoms. The molecular formula is C20H17N. The van der Waals surface area contributed by atoms with Crippen molar-refractivity contribution < 1.29 is 0 Å². The predicted octanol–water partition coefficient (Wildman–Crippen LogP) is 5.00. The lowest BCUT2D eigenvalue weighted by Gasteiger charge is -2.12. The lowest BCUT2D eigenvalue weighted by molar-refractivity contribution is 0.849. The van der Waals surface area contributed by atoms with E-state index >= 15 is 0 Å². The van der Waals surface area contributed by atoms with Crippen LogP contribution in [0.5, 0.6) is 0 Å². The zero-order valence-electron chi connectivity index (χ0n) is 12.1. The van der Waals surface area contributed by atoms with E-state index in [0.717, 1.165) is 12.0 Å². The molecule has 1 heteroatoms. The van der Waals surface area contributed by atoms with Gasteiger partial charge >= 0.3 is 0 Å². The van der Waals surface area contributed by atoms with Crippen molar-refractivity contribution in [1.29, 1.82) is 5.26 Å². The van der Waals surface area contributed by atoms with Gasteiger partial charge in [0.1, 0.15) is 0 Å². The van der Waals surface area contributed by atoms with Gasteiger partial charge in [-0.1, -0.05) is 66.7 Å². The van der Waals surface area contributed by atoms with Crippen LogP contribution >= 0.6 is 0 Å². The molecule has 3 aromatic rings. The van der Waals surface area contributed by atoms with Gasteiger partial charge in [0.05, 0.1) is 12.0 Å². The number of rotatable bonds is 3. The first-order valence-electron chi connectivity index (χ1n) is 7.21. The second kappa shape index (κ2) is 5.81. The van der Waals surface area contributed by atoms with Gasteiger partial charge in [0.25, 0.3) is 0 Å². The van der Waals surface area contributed by atoms with Crippen molar-refractivity contribution in [2.75, 3.05) is 0 Å². The molecule has 0 amide bonds. The second-order valence-corrected chi connectivity index (χ2v) is 5.43. The van der Waals surface area contributed by atoms with E-state index in [0.29, 0.717) is 0 Å². The van der Waals surface area contributed by atoms with Crippen LogP contribution in [-0.2, 0) is 6.42 Å². The zero-order chi connectivity index (χ0) is 14.7. The van der Waals surface area contributed by atoms with Gasteiger partial charge in [-0.2, -0.15) is 5.26 Å². The van der Waals surface area contributed by atoms with Crippen LogP contribution in [0.15, 0.2) is 66.7 Å². The van der Waals surface area contributed by atoms with Crippen LogP contribution in [0.4, 0.5) is 0 Å². The smallest absolute Gasteiger partial charge is 0.0753 e. The fourth-order valence-corrected chi connectivity index (χ4v) is 2.86.